The molecule has 1 saturated heterocycles. The number of carboxylic acids is 1. The van der Waals surface area contributed by atoms with Crippen LogP contribution in [-0.4, -0.2) is 54.5 Å². The molecule has 1 N–H and O–H groups in total. The van der Waals surface area contributed by atoms with Crippen molar-refractivity contribution >= 4 is 15.8 Å². The maximum absolute atomic E-state index is 11.4. The van der Waals surface area contributed by atoms with E-state index in [0.717, 1.165) is 13.0 Å². The van der Waals surface area contributed by atoms with Crippen molar-refractivity contribution in [2.24, 2.45) is 0 Å². The van der Waals surface area contributed by atoms with Gasteiger partial charge in [0.25, 0.3) is 0 Å². The van der Waals surface area contributed by atoms with Crippen LogP contribution < -0.4 is 0 Å². The summed E-state index contributed by atoms with van der Waals surface area (Å²) in [5.74, 6) is -0.467. The van der Waals surface area contributed by atoms with Gasteiger partial charge in [-0.25, -0.2) is 8.42 Å². The molecule has 5 nitrogen and oxygen atoms in total. The lowest BCUT2D eigenvalue weighted by molar-refractivity contribution is -0.150. The zero-order chi connectivity index (χ0) is 13.8. The maximum atomic E-state index is 11.4. The minimum Gasteiger partial charge on any atom is -0.480 e. The van der Waals surface area contributed by atoms with Crippen LogP contribution in [0.1, 0.15) is 39.5 Å². The Morgan fingerprint density at radius 1 is 1.39 bits per heavy atom. The van der Waals surface area contributed by atoms with Crippen LogP contribution in [0.15, 0.2) is 0 Å². The second-order valence-corrected chi connectivity index (χ2v) is 7.34. The number of rotatable bonds is 7. The average Bonchev–Trinajstić information content (AvgIpc) is 2.73. The summed E-state index contributed by atoms with van der Waals surface area (Å²) in [6.07, 6.45) is 2.63. The van der Waals surface area contributed by atoms with Gasteiger partial charge in [0.2, 0.25) is 0 Å². The standard InChI is InChI=1S/C12H23NO4S/c1-3-12(11(14)15)7-5-8-13(12)9-6-10-18(16,17)4-2/h3-10H2,1-2H3,(H,14,15). The van der Waals surface area contributed by atoms with Crippen LogP contribution in [0.3, 0.4) is 0 Å². The Bertz CT molecular complexity index is 393. The lowest BCUT2D eigenvalue weighted by Crippen LogP contribution is -2.50. The van der Waals surface area contributed by atoms with E-state index in [2.05, 4.69) is 0 Å². The van der Waals surface area contributed by atoms with E-state index in [1.165, 1.54) is 0 Å². The fourth-order valence-electron chi connectivity index (χ4n) is 2.67. The van der Waals surface area contributed by atoms with E-state index < -0.39 is 21.3 Å². The highest BCUT2D eigenvalue weighted by molar-refractivity contribution is 7.91. The Labute approximate surface area is 109 Å². The molecule has 1 atom stereocenters. The van der Waals surface area contributed by atoms with Crippen LogP contribution >= 0.6 is 0 Å². The normalized spacial score (nSPS) is 25.4. The molecule has 1 unspecified atom stereocenters. The number of aliphatic carboxylic acids is 1. The molecule has 0 radical (unpaired) electrons. The van der Waals surface area contributed by atoms with Crippen molar-refractivity contribution in [3.05, 3.63) is 0 Å². The Balaban J connectivity index is 2.59. The van der Waals surface area contributed by atoms with Crippen LogP contribution in [0, 0.1) is 0 Å². The van der Waals surface area contributed by atoms with Crippen LogP contribution in [0.5, 0.6) is 0 Å². The third-order valence-electron chi connectivity index (χ3n) is 3.93. The van der Waals surface area contributed by atoms with Gasteiger partial charge in [0.15, 0.2) is 0 Å². The summed E-state index contributed by atoms with van der Waals surface area (Å²) in [6.45, 7) is 4.83. The molecule has 106 valence electrons. The Kier molecular flexibility index (Phi) is 5.16. The van der Waals surface area contributed by atoms with Crippen LogP contribution in [0.4, 0.5) is 0 Å². The second-order valence-electron chi connectivity index (χ2n) is 4.87. The van der Waals surface area contributed by atoms with Gasteiger partial charge < -0.3 is 5.11 Å². The molecular formula is C12H23NO4S. The van der Waals surface area contributed by atoms with Crippen LogP contribution in [0.25, 0.3) is 0 Å². The van der Waals surface area contributed by atoms with Gasteiger partial charge in [-0.15, -0.1) is 0 Å². The third-order valence-corrected chi connectivity index (χ3v) is 5.72. The first-order valence-electron chi connectivity index (χ1n) is 6.57. The molecule has 1 heterocycles. The van der Waals surface area contributed by atoms with Crippen molar-refractivity contribution in [2.75, 3.05) is 24.6 Å². The summed E-state index contributed by atoms with van der Waals surface area (Å²) in [5, 5.41) is 9.38. The van der Waals surface area contributed by atoms with E-state index in [1.54, 1.807) is 6.92 Å². The predicted octanol–water partition coefficient (Wildman–Crippen LogP) is 1.14. The molecule has 0 aromatic heterocycles. The fraction of sp³-hybridized carbons (Fsp3) is 0.917. The van der Waals surface area contributed by atoms with Crippen molar-refractivity contribution in [2.45, 2.75) is 45.1 Å². The van der Waals surface area contributed by atoms with Gasteiger partial charge in [-0.05, 0) is 32.2 Å². The first-order valence-corrected chi connectivity index (χ1v) is 8.39. The van der Waals surface area contributed by atoms with Gasteiger partial charge >= 0.3 is 5.97 Å². The molecule has 0 aliphatic carbocycles. The Hall–Kier alpha value is -0.620. The topological polar surface area (TPSA) is 74.7 Å². The van der Waals surface area contributed by atoms with E-state index in [9.17, 15) is 18.3 Å². The number of hydrogen-bond acceptors (Lipinski definition) is 4. The van der Waals surface area contributed by atoms with Crippen molar-refractivity contribution in [3.63, 3.8) is 0 Å². The van der Waals surface area contributed by atoms with Gasteiger partial charge in [0.1, 0.15) is 15.4 Å². The van der Waals surface area contributed by atoms with Crippen molar-refractivity contribution < 1.29 is 18.3 Å². The average molecular weight is 277 g/mol. The molecule has 0 saturated carbocycles. The summed E-state index contributed by atoms with van der Waals surface area (Å²) in [4.78, 5) is 13.4. The van der Waals surface area contributed by atoms with E-state index in [0.29, 0.717) is 25.8 Å². The molecule has 6 heteroatoms. The molecular weight excluding hydrogens is 254 g/mol. The molecule has 18 heavy (non-hydrogen) atoms. The first-order chi connectivity index (χ1) is 8.38. The molecule has 0 bridgehead atoms. The molecule has 1 fully saturated rings. The summed E-state index contributed by atoms with van der Waals surface area (Å²) in [6, 6.07) is 0. The van der Waals surface area contributed by atoms with E-state index >= 15 is 0 Å². The number of nitrogens with zero attached hydrogens (tertiary/aromatic N) is 1. The Morgan fingerprint density at radius 3 is 2.56 bits per heavy atom. The highest BCUT2D eigenvalue weighted by atomic mass is 32.2. The third kappa shape index (κ3) is 3.23. The number of sulfone groups is 1. The molecule has 0 amide bonds. The van der Waals surface area contributed by atoms with Crippen molar-refractivity contribution in [1.29, 1.82) is 0 Å². The fourth-order valence-corrected chi connectivity index (χ4v) is 3.53. The van der Waals surface area contributed by atoms with Gasteiger partial charge in [-0.1, -0.05) is 13.8 Å². The highest BCUT2D eigenvalue weighted by Gasteiger charge is 2.45. The first kappa shape index (κ1) is 15.4. The summed E-state index contributed by atoms with van der Waals surface area (Å²) >= 11 is 0. The monoisotopic (exact) mass is 277 g/mol. The summed E-state index contributed by atoms with van der Waals surface area (Å²) < 4.78 is 22.8. The van der Waals surface area contributed by atoms with Gasteiger partial charge in [-0.2, -0.15) is 0 Å². The quantitative estimate of drug-likeness (QED) is 0.755. The van der Waals surface area contributed by atoms with Crippen LogP contribution in [-0.2, 0) is 14.6 Å². The number of carbonyl (C=O) groups is 1. The number of carboxylic acid groups (broad SMARTS) is 1. The Morgan fingerprint density at radius 2 is 2.06 bits per heavy atom. The van der Waals surface area contributed by atoms with E-state index in [4.69, 9.17) is 0 Å². The number of hydrogen-bond donors (Lipinski definition) is 1. The summed E-state index contributed by atoms with van der Waals surface area (Å²) in [5.41, 5.74) is -0.768. The molecule has 0 aromatic carbocycles. The molecule has 0 spiro atoms. The SMILES string of the molecule is CCC1(C(=O)O)CCCN1CCCS(=O)(=O)CC. The lowest BCUT2D eigenvalue weighted by Gasteiger charge is -2.33. The van der Waals surface area contributed by atoms with Gasteiger partial charge in [0, 0.05) is 12.3 Å². The predicted molar refractivity (Wildman–Crippen MR) is 70.4 cm³/mol. The molecule has 1 aliphatic heterocycles. The largest absolute Gasteiger partial charge is 0.480 e. The van der Waals surface area contributed by atoms with E-state index in [-0.39, 0.29) is 11.5 Å². The minimum atomic E-state index is -2.95. The molecule has 1 rings (SSSR count). The zero-order valence-electron chi connectivity index (χ0n) is 11.2. The smallest absolute Gasteiger partial charge is 0.324 e. The molecule has 1 aliphatic rings. The summed E-state index contributed by atoms with van der Waals surface area (Å²) in [7, 11) is -2.95. The van der Waals surface area contributed by atoms with Crippen molar-refractivity contribution in [1.82, 2.24) is 4.90 Å². The van der Waals surface area contributed by atoms with Crippen molar-refractivity contribution in [3.8, 4) is 0 Å². The van der Waals surface area contributed by atoms with E-state index in [1.807, 2.05) is 11.8 Å². The highest BCUT2D eigenvalue weighted by Crippen LogP contribution is 2.32. The maximum Gasteiger partial charge on any atom is 0.324 e. The van der Waals surface area contributed by atoms with Gasteiger partial charge in [-0.3, -0.25) is 9.69 Å². The zero-order valence-corrected chi connectivity index (χ0v) is 12.0. The lowest BCUT2D eigenvalue weighted by atomic mass is 9.93. The van der Waals surface area contributed by atoms with Crippen LogP contribution in [0.2, 0.25) is 0 Å². The number of likely N-dealkylation sites (tertiary alicyclic amines) is 1. The minimum absolute atomic E-state index is 0.152. The second kappa shape index (κ2) is 6.02. The molecule has 0 aromatic rings. The van der Waals surface area contributed by atoms with Gasteiger partial charge in [0.05, 0.1) is 5.75 Å².